The van der Waals surface area contributed by atoms with E-state index in [1.54, 1.807) is 18.3 Å². The number of thiophene rings is 1. The Hall–Kier alpha value is -0.630. The molecular formula is C10H14OS. The monoisotopic (exact) mass is 182 g/mol. The number of carbonyl (C=O) groups excluding carboxylic acids is 1. The third-order valence-electron chi connectivity index (χ3n) is 2.02. The molecule has 12 heavy (non-hydrogen) atoms. The van der Waals surface area contributed by atoms with Gasteiger partial charge in [-0.3, -0.25) is 0 Å². The van der Waals surface area contributed by atoms with E-state index in [1.165, 1.54) is 10.4 Å². The van der Waals surface area contributed by atoms with Crippen molar-refractivity contribution >= 4 is 17.1 Å². The van der Waals surface area contributed by atoms with Gasteiger partial charge < -0.3 is 4.79 Å². The van der Waals surface area contributed by atoms with Crippen molar-refractivity contribution in [3.63, 3.8) is 0 Å². The first-order valence-corrected chi connectivity index (χ1v) is 5.02. The summed E-state index contributed by atoms with van der Waals surface area (Å²) in [7, 11) is 0. The van der Waals surface area contributed by atoms with Gasteiger partial charge in [0.2, 0.25) is 0 Å². The molecule has 0 amide bonds. The van der Waals surface area contributed by atoms with Crippen LogP contribution in [0.5, 0.6) is 0 Å². The van der Waals surface area contributed by atoms with Crippen LogP contribution in [-0.2, 0) is 4.79 Å². The maximum Gasteiger partial charge on any atom is 0.130 e. The maximum absolute atomic E-state index is 10.9. The summed E-state index contributed by atoms with van der Waals surface area (Å²) in [5.74, 6) is 0.654. The Balaban J connectivity index is 2.71. The molecule has 1 heterocycles. The Bertz CT molecular complexity index is 275. The van der Waals surface area contributed by atoms with Crippen LogP contribution >= 0.6 is 11.3 Å². The van der Waals surface area contributed by atoms with E-state index >= 15 is 0 Å². The first kappa shape index (κ1) is 9.46. The van der Waals surface area contributed by atoms with E-state index in [4.69, 9.17) is 0 Å². The quantitative estimate of drug-likeness (QED) is 0.702. The van der Waals surface area contributed by atoms with Gasteiger partial charge in [-0.05, 0) is 36.8 Å². The lowest BCUT2D eigenvalue weighted by molar-refractivity contribution is -0.117. The summed E-state index contributed by atoms with van der Waals surface area (Å²) in [6.45, 7) is 5.87. The molecule has 0 N–H and O–H groups in total. The third kappa shape index (κ3) is 2.18. The van der Waals surface area contributed by atoms with Crippen LogP contribution in [-0.4, -0.2) is 5.78 Å². The van der Waals surface area contributed by atoms with Crippen LogP contribution in [0.4, 0.5) is 0 Å². The normalized spacial score (nSPS) is 12.9. The fourth-order valence-electron chi connectivity index (χ4n) is 1.45. The lowest BCUT2D eigenvalue weighted by atomic mass is 9.97. The van der Waals surface area contributed by atoms with Crippen LogP contribution in [0.15, 0.2) is 11.4 Å². The predicted octanol–water partition coefficient (Wildman–Crippen LogP) is 3.14. The van der Waals surface area contributed by atoms with E-state index in [-0.39, 0.29) is 5.78 Å². The van der Waals surface area contributed by atoms with Gasteiger partial charge in [0.15, 0.2) is 0 Å². The number of ketones is 1. The largest absolute Gasteiger partial charge is 0.300 e. The lowest BCUT2D eigenvalue weighted by Crippen LogP contribution is -1.99. The molecule has 0 spiro atoms. The molecule has 0 fully saturated rings. The number of hydrogen-bond acceptors (Lipinski definition) is 2. The smallest absolute Gasteiger partial charge is 0.130 e. The van der Waals surface area contributed by atoms with Crippen LogP contribution in [0.3, 0.4) is 0 Å². The van der Waals surface area contributed by atoms with Crippen LogP contribution in [0.1, 0.15) is 36.6 Å². The molecule has 1 atom stereocenters. The molecule has 0 bridgehead atoms. The second-order valence-corrected chi connectivity index (χ2v) is 4.36. The number of Topliss-reactive ketones (excluding diaryl/α,β-unsaturated/α-hetero) is 1. The second kappa shape index (κ2) is 3.85. The molecule has 0 aliphatic carbocycles. The highest BCUT2D eigenvalue weighted by Gasteiger charge is 2.10. The molecule has 1 aromatic heterocycles. The van der Waals surface area contributed by atoms with Gasteiger partial charge >= 0.3 is 0 Å². The number of aryl methyl sites for hydroxylation is 1. The molecule has 1 rings (SSSR count). The minimum Gasteiger partial charge on any atom is -0.300 e. The highest BCUT2D eigenvalue weighted by Crippen LogP contribution is 2.26. The zero-order valence-electron chi connectivity index (χ0n) is 7.76. The van der Waals surface area contributed by atoms with Crippen molar-refractivity contribution < 1.29 is 4.79 Å². The predicted molar refractivity (Wildman–Crippen MR) is 52.8 cm³/mol. The molecule has 0 aliphatic rings. The Morgan fingerprint density at radius 2 is 2.33 bits per heavy atom. The molecule has 0 radical (unpaired) electrons. The Kier molecular flexibility index (Phi) is 3.04. The zero-order chi connectivity index (χ0) is 9.14. The summed E-state index contributed by atoms with van der Waals surface area (Å²) in [4.78, 5) is 12.2. The van der Waals surface area contributed by atoms with Crippen molar-refractivity contribution in [3.8, 4) is 0 Å². The van der Waals surface area contributed by atoms with E-state index in [1.807, 2.05) is 0 Å². The topological polar surface area (TPSA) is 17.1 Å². The summed E-state index contributed by atoms with van der Waals surface area (Å²) in [6.07, 6.45) is 0.664. The van der Waals surface area contributed by atoms with Gasteiger partial charge in [-0.1, -0.05) is 6.92 Å². The molecule has 1 nitrogen and oxygen atoms in total. The molecule has 1 aromatic rings. The summed E-state index contributed by atoms with van der Waals surface area (Å²) >= 11 is 1.75. The summed E-state index contributed by atoms with van der Waals surface area (Å²) < 4.78 is 0. The molecule has 66 valence electrons. The number of hydrogen-bond donors (Lipinski definition) is 0. The van der Waals surface area contributed by atoms with Gasteiger partial charge in [0, 0.05) is 11.3 Å². The van der Waals surface area contributed by atoms with Crippen molar-refractivity contribution in [1.82, 2.24) is 0 Å². The van der Waals surface area contributed by atoms with E-state index in [0.29, 0.717) is 12.3 Å². The molecule has 1 unspecified atom stereocenters. The van der Waals surface area contributed by atoms with Crippen molar-refractivity contribution in [2.24, 2.45) is 0 Å². The average molecular weight is 182 g/mol. The zero-order valence-corrected chi connectivity index (χ0v) is 8.57. The molecule has 0 aliphatic heterocycles. The van der Waals surface area contributed by atoms with Gasteiger partial charge in [0.05, 0.1) is 0 Å². The standard InChI is InChI=1S/C10H14OS/c1-7(6-8(2)11)10-4-5-12-9(10)3/h4-5,7H,6H2,1-3H3. The summed E-state index contributed by atoms with van der Waals surface area (Å²) in [5.41, 5.74) is 1.33. The lowest BCUT2D eigenvalue weighted by Gasteiger charge is -2.07. The van der Waals surface area contributed by atoms with Gasteiger partial charge in [0.25, 0.3) is 0 Å². The van der Waals surface area contributed by atoms with Crippen LogP contribution in [0, 0.1) is 6.92 Å². The van der Waals surface area contributed by atoms with Gasteiger partial charge in [-0.15, -0.1) is 11.3 Å². The van der Waals surface area contributed by atoms with E-state index in [2.05, 4.69) is 25.3 Å². The SMILES string of the molecule is CC(=O)CC(C)c1ccsc1C. The van der Waals surface area contributed by atoms with Gasteiger partial charge in [-0.2, -0.15) is 0 Å². The first-order valence-electron chi connectivity index (χ1n) is 4.14. The molecule has 2 heteroatoms. The van der Waals surface area contributed by atoms with Crippen molar-refractivity contribution in [2.45, 2.75) is 33.1 Å². The van der Waals surface area contributed by atoms with Crippen molar-refractivity contribution in [2.75, 3.05) is 0 Å². The fourth-order valence-corrected chi connectivity index (χ4v) is 2.27. The third-order valence-corrected chi connectivity index (χ3v) is 2.88. The van der Waals surface area contributed by atoms with E-state index in [0.717, 1.165) is 0 Å². The highest BCUT2D eigenvalue weighted by molar-refractivity contribution is 7.10. The second-order valence-electron chi connectivity index (χ2n) is 3.24. The van der Waals surface area contributed by atoms with Gasteiger partial charge in [-0.25, -0.2) is 0 Å². The fraction of sp³-hybridized carbons (Fsp3) is 0.500. The Morgan fingerprint density at radius 1 is 1.67 bits per heavy atom. The number of carbonyl (C=O) groups is 1. The Labute approximate surface area is 77.4 Å². The molecule has 0 saturated heterocycles. The van der Waals surface area contributed by atoms with Gasteiger partial charge in [0.1, 0.15) is 5.78 Å². The molecule has 0 aromatic carbocycles. The van der Waals surface area contributed by atoms with Crippen LogP contribution < -0.4 is 0 Å². The van der Waals surface area contributed by atoms with E-state index < -0.39 is 0 Å². The average Bonchev–Trinajstić information content (AvgIpc) is 2.33. The van der Waals surface area contributed by atoms with Crippen molar-refractivity contribution in [3.05, 3.63) is 21.9 Å². The van der Waals surface area contributed by atoms with Crippen molar-refractivity contribution in [1.29, 1.82) is 0 Å². The minimum atomic E-state index is 0.271. The summed E-state index contributed by atoms with van der Waals surface area (Å²) in [6, 6.07) is 2.12. The van der Waals surface area contributed by atoms with Crippen LogP contribution in [0.25, 0.3) is 0 Å². The van der Waals surface area contributed by atoms with Crippen LogP contribution in [0.2, 0.25) is 0 Å². The highest BCUT2D eigenvalue weighted by atomic mass is 32.1. The molecule has 0 saturated carbocycles. The minimum absolute atomic E-state index is 0.271. The Morgan fingerprint density at radius 3 is 2.75 bits per heavy atom. The van der Waals surface area contributed by atoms with E-state index in [9.17, 15) is 4.79 Å². The molecular weight excluding hydrogens is 168 g/mol. The summed E-state index contributed by atoms with van der Waals surface area (Å²) in [5, 5.41) is 2.08. The maximum atomic E-state index is 10.9. The first-order chi connectivity index (χ1) is 5.61. The number of rotatable bonds is 3.